The fourth-order valence-corrected chi connectivity index (χ4v) is 2.70. The van der Waals surface area contributed by atoms with Gasteiger partial charge in [0.15, 0.2) is 0 Å². The van der Waals surface area contributed by atoms with Crippen LogP contribution in [0.4, 0.5) is 5.69 Å². The Labute approximate surface area is 108 Å². The monoisotopic (exact) mass is 250 g/mol. The van der Waals surface area contributed by atoms with E-state index in [1.807, 2.05) is 0 Å². The highest BCUT2D eigenvalue weighted by Gasteiger charge is 2.36. The molecule has 1 aromatic rings. The van der Waals surface area contributed by atoms with Crippen molar-refractivity contribution in [2.45, 2.75) is 31.2 Å². The molecule has 0 atom stereocenters. The highest BCUT2D eigenvalue weighted by molar-refractivity contribution is 5.93. The van der Waals surface area contributed by atoms with E-state index in [1.165, 1.54) is 12.8 Å². The predicted molar refractivity (Wildman–Crippen MR) is 72.4 cm³/mol. The number of rotatable bonds is 4. The molecule has 1 heterocycles. The van der Waals surface area contributed by atoms with Gasteiger partial charge in [-0.3, -0.25) is 4.79 Å². The van der Waals surface area contributed by atoms with Crippen LogP contribution >= 0.6 is 0 Å². The average molecular weight is 250 g/mol. The number of hydrogen-bond donors (Lipinski definition) is 3. The molecule has 100 valence electrons. The molecule has 0 bridgehead atoms. The Morgan fingerprint density at radius 3 is 2.67 bits per heavy atom. The lowest BCUT2D eigenvalue weighted by Crippen LogP contribution is -2.50. The number of aromatic nitrogens is 1. The molecule has 0 unspecified atom stereocenters. The van der Waals surface area contributed by atoms with Crippen LogP contribution in [-0.4, -0.2) is 42.0 Å². The van der Waals surface area contributed by atoms with E-state index >= 15 is 0 Å². The number of nitrogen functional groups attached to an aromatic ring is 1. The standard InChI is InChI=1S/C13H22N4O/c1-17(2)13(5-3-4-6-13)9-16-12(18)11-7-10(14)8-15-11/h7-8,15H,3-6,9,14H2,1-2H3,(H,16,18). The van der Waals surface area contributed by atoms with Crippen molar-refractivity contribution in [1.82, 2.24) is 15.2 Å². The van der Waals surface area contributed by atoms with Crippen LogP contribution in [0.15, 0.2) is 12.3 Å². The zero-order valence-corrected chi connectivity index (χ0v) is 11.1. The number of carbonyl (C=O) groups excluding carboxylic acids is 1. The fraction of sp³-hybridized carbons (Fsp3) is 0.615. The van der Waals surface area contributed by atoms with Gasteiger partial charge in [0.05, 0.1) is 0 Å². The number of hydrogen-bond acceptors (Lipinski definition) is 3. The molecule has 5 heteroatoms. The molecule has 2 rings (SSSR count). The topological polar surface area (TPSA) is 74.2 Å². The first-order chi connectivity index (χ1) is 8.53. The maximum absolute atomic E-state index is 12.0. The van der Waals surface area contributed by atoms with Crippen molar-refractivity contribution < 1.29 is 4.79 Å². The first kappa shape index (κ1) is 13.0. The van der Waals surface area contributed by atoms with Crippen molar-refractivity contribution in [3.05, 3.63) is 18.0 Å². The zero-order chi connectivity index (χ0) is 13.2. The third-order valence-corrected chi connectivity index (χ3v) is 4.01. The summed E-state index contributed by atoms with van der Waals surface area (Å²) in [6, 6.07) is 1.66. The van der Waals surface area contributed by atoms with E-state index in [0.717, 1.165) is 12.8 Å². The first-order valence-electron chi connectivity index (χ1n) is 6.43. The molecule has 0 saturated heterocycles. The molecule has 0 aliphatic heterocycles. The van der Waals surface area contributed by atoms with Gasteiger partial charge in [0.25, 0.3) is 5.91 Å². The third kappa shape index (κ3) is 2.51. The second kappa shape index (κ2) is 5.02. The van der Waals surface area contributed by atoms with Crippen molar-refractivity contribution in [1.29, 1.82) is 0 Å². The van der Waals surface area contributed by atoms with Gasteiger partial charge in [-0.25, -0.2) is 0 Å². The second-order valence-corrected chi connectivity index (χ2v) is 5.36. The van der Waals surface area contributed by atoms with Gasteiger partial charge in [-0.1, -0.05) is 12.8 Å². The van der Waals surface area contributed by atoms with Gasteiger partial charge < -0.3 is 20.9 Å². The summed E-state index contributed by atoms with van der Waals surface area (Å²) in [6.45, 7) is 0.692. The minimum atomic E-state index is -0.0835. The average Bonchev–Trinajstić information content (AvgIpc) is 2.95. The molecule has 0 radical (unpaired) electrons. The maximum atomic E-state index is 12.0. The van der Waals surface area contributed by atoms with E-state index in [9.17, 15) is 4.79 Å². The summed E-state index contributed by atoms with van der Waals surface area (Å²) in [5.41, 5.74) is 6.82. The summed E-state index contributed by atoms with van der Waals surface area (Å²) < 4.78 is 0. The van der Waals surface area contributed by atoms with Gasteiger partial charge in [-0.05, 0) is 33.0 Å². The van der Waals surface area contributed by atoms with Crippen molar-refractivity contribution in [3.8, 4) is 0 Å². The van der Waals surface area contributed by atoms with Gasteiger partial charge in [0, 0.05) is 24.0 Å². The maximum Gasteiger partial charge on any atom is 0.267 e. The Morgan fingerprint density at radius 2 is 2.17 bits per heavy atom. The van der Waals surface area contributed by atoms with Crippen molar-refractivity contribution in [2.24, 2.45) is 0 Å². The van der Waals surface area contributed by atoms with Crippen LogP contribution < -0.4 is 11.1 Å². The number of nitrogens with one attached hydrogen (secondary N) is 2. The number of aromatic amines is 1. The zero-order valence-electron chi connectivity index (χ0n) is 11.1. The summed E-state index contributed by atoms with van der Waals surface area (Å²) in [5, 5.41) is 3.01. The Bertz CT molecular complexity index is 418. The molecule has 1 aliphatic carbocycles. The van der Waals surface area contributed by atoms with E-state index in [-0.39, 0.29) is 11.4 Å². The number of H-pyrrole nitrogens is 1. The van der Waals surface area contributed by atoms with E-state index in [2.05, 4.69) is 29.3 Å². The SMILES string of the molecule is CN(C)C1(CNC(=O)c2cc(N)c[nH]2)CCCC1. The number of likely N-dealkylation sites (N-methyl/N-ethyl adjacent to an activating group) is 1. The van der Waals surface area contributed by atoms with Crippen LogP contribution in [0.2, 0.25) is 0 Å². The second-order valence-electron chi connectivity index (χ2n) is 5.36. The van der Waals surface area contributed by atoms with Gasteiger partial charge >= 0.3 is 0 Å². The lowest BCUT2D eigenvalue weighted by molar-refractivity contribution is 0.0895. The van der Waals surface area contributed by atoms with Gasteiger partial charge in [-0.15, -0.1) is 0 Å². The normalized spacial score (nSPS) is 18.2. The molecule has 1 fully saturated rings. The molecule has 1 amide bonds. The Hall–Kier alpha value is -1.49. The number of anilines is 1. The molecule has 0 aromatic carbocycles. The van der Waals surface area contributed by atoms with E-state index in [4.69, 9.17) is 5.73 Å². The van der Waals surface area contributed by atoms with Crippen molar-refractivity contribution in [3.63, 3.8) is 0 Å². The Kier molecular flexibility index (Phi) is 3.61. The van der Waals surface area contributed by atoms with Crippen molar-refractivity contribution >= 4 is 11.6 Å². The molecule has 1 saturated carbocycles. The smallest absolute Gasteiger partial charge is 0.267 e. The van der Waals surface area contributed by atoms with Crippen molar-refractivity contribution in [2.75, 3.05) is 26.4 Å². The van der Waals surface area contributed by atoms with Crippen LogP contribution in [0.5, 0.6) is 0 Å². The minimum absolute atomic E-state index is 0.0835. The largest absolute Gasteiger partial charge is 0.397 e. The van der Waals surface area contributed by atoms with E-state index in [0.29, 0.717) is 17.9 Å². The van der Waals surface area contributed by atoms with Gasteiger partial charge in [0.1, 0.15) is 5.69 Å². The molecule has 18 heavy (non-hydrogen) atoms. The molecule has 4 N–H and O–H groups in total. The molecule has 0 spiro atoms. The van der Waals surface area contributed by atoms with Gasteiger partial charge in [-0.2, -0.15) is 0 Å². The number of nitrogens with two attached hydrogens (primary N) is 1. The van der Waals surface area contributed by atoms with Crippen LogP contribution in [0, 0.1) is 0 Å². The van der Waals surface area contributed by atoms with E-state index in [1.54, 1.807) is 12.3 Å². The highest BCUT2D eigenvalue weighted by atomic mass is 16.1. The third-order valence-electron chi connectivity index (χ3n) is 4.01. The Morgan fingerprint density at radius 1 is 1.50 bits per heavy atom. The fourth-order valence-electron chi connectivity index (χ4n) is 2.70. The molecule has 1 aliphatic rings. The molecular weight excluding hydrogens is 228 g/mol. The van der Waals surface area contributed by atoms with Crippen LogP contribution in [-0.2, 0) is 0 Å². The lowest BCUT2D eigenvalue weighted by atomic mass is 9.96. The highest BCUT2D eigenvalue weighted by Crippen LogP contribution is 2.33. The quantitative estimate of drug-likeness (QED) is 0.751. The predicted octanol–water partition coefficient (Wildman–Crippen LogP) is 1.20. The van der Waals surface area contributed by atoms with Crippen LogP contribution in [0.3, 0.4) is 0 Å². The van der Waals surface area contributed by atoms with Gasteiger partial charge in [0.2, 0.25) is 0 Å². The van der Waals surface area contributed by atoms with E-state index < -0.39 is 0 Å². The summed E-state index contributed by atoms with van der Waals surface area (Å²) in [5.74, 6) is -0.0835. The lowest BCUT2D eigenvalue weighted by Gasteiger charge is -2.36. The number of nitrogens with zero attached hydrogens (tertiary/aromatic N) is 1. The Balaban J connectivity index is 1.96. The van der Waals surface area contributed by atoms with Crippen LogP contribution in [0.1, 0.15) is 36.2 Å². The first-order valence-corrected chi connectivity index (χ1v) is 6.43. The van der Waals surface area contributed by atoms with Crippen LogP contribution in [0.25, 0.3) is 0 Å². The number of carbonyl (C=O) groups is 1. The summed E-state index contributed by atoms with van der Waals surface area (Å²) in [7, 11) is 4.17. The summed E-state index contributed by atoms with van der Waals surface area (Å²) in [4.78, 5) is 17.1. The molecule has 5 nitrogen and oxygen atoms in total. The molecule has 1 aromatic heterocycles. The minimum Gasteiger partial charge on any atom is -0.397 e. The summed E-state index contributed by atoms with van der Waals surface area (Å²) >= 11 is 0. The molecular formula is C13H22N4O. The summed E-state index contributed by atoms with van der Waals surface area (Å²) in [6.07, 6.45) is 6.40. The number of amides is 1.